The second kappa shape index (κ2) is 10.3. The number of aliphatic imine (C=N–C) groups is 1. The fraction of sp³-hybridized carbons (Fsp3) is 0.682. The van der Waals surface area contributed by atoms with Gasteiger partial charge in [0.15, 0.2) is 5.96 Å². The van der Waals surface area contributed by atoms with E-state index in [9.17, 15) is 0 Å². The molecule has 3 saturated heterocycles. The van der Waals surface area contributed by atoms with Gasteiger partial charge in [-0.25, -0.2) is 0 Å². The van der Waals surface area contributed by atoms with Crippen molar-refractivity contribution in [3.8, 4) is 0 Å². The molecule has 0 radical (unpaired) electrons. The summed E-state index contributed by atoms with van der Waals surface area (Å²) < 4.78 is 6.02. The number of ether oxygens (including phenoxy) is 1. The third kappa shape index (κ3) is 5.00. The van der Waals surface area contributed by atoms with Crippen LogP contribution >= 0.6 is 24.0 Å². The first-order valence-corrected chi connectivity index (χ1v) is 10.6. The van der Waals surface area contributed by atoms with Gasteiger partial charge in [0.05, 0.1) is 6.10 Å². The van der Waals surface area contributed by atoms with Crippen LogP contribution in [0.3, 0.4) is 0 Å². The average Bonchev–Trinajstić information content (AvgIpc) is 3.15. The summed E-state index contributed by atoms with van der Waals surface area (Å²) in [6.45, 7) is 1.75. The van der Waals surface area contributed by atoms with Gasteiger partial charge < -0.3 is 20.3 Å². The lowest BCUT2D eigenvalue weighted by Gasteiger charge is -2.47. The van der Waals surface area contributed by atoms with Crippen LogP contribution in [0, 0.1) is 5.92 Å². The predicted molar refractivity (Wildman–Crippen MR) is 125 cm³/mol. The SMILES string of the molecule is CN=C(NCC1CCOC1c1ccccc1)NC1CC2CCCC(C1)N2C.I. The highest BCUT2D eigenvalue weighted by Gasteiger charge is 2.36. The van der Waals surface area contributed by atoms with Crippen molar-refractivity contribution >= 4 is 29.9 Å². The standard InChI is InChI=1S/C22H34N4O.HI/c1-23-22(25-18-13-19-9-6-10-20(14-18)26(19)2)24-15-17-11-12-27-21(17)16-7-4-3-5-8-16;/h3-5,7-8,17-21H,6,9-15H2,1-2H3,(H2,23,24,25);1H. The van der Waals surface area contributed by atoms with Crippen molar-refractivity contribution in [3.05, 3.63) is 35.9 Å². The molecule has 0 saturated carbocycles. The Morgan fingerprint density at radius 3 is 2.54 bits per heavy atom. The Morgan fingerprint density at radius 1 is 1.14 bits per heavy atom. The van der Waals surface area contributed by atoms with Gasteiger partial charge >= 0.3 is 0 Å². The van der Waals surface area contributed by atoms with Crippen molar-refractivity contribution in [2.45, 2.75) is 62.8 Å². The summed E-state index contributed by atoms with van der Waals surface area (Å²) >= 11 is 0. The summed E-state index contributed by atoms with van der Waals surface area (Å²) in [6.07, 6.45) is 7.83. The normalized spacial score (nSPS) is 33.2. The molecule has 156 valence electrons. The molecular formula is C22H35IN4O. The monoisotopic (exact) mass is 498 g/mol. The molecule has 2 N–H and O–H groups in total. The lowest BCUT2D eigenvalue weighted by Crippen LogP contribution is -2.56. The molecule has 3 heterocycles. The third-order valence-corrected chi connectivity index (χ3v) is 6.78. The van der Waals surface area contributed by atoms with Gasteiger partial charge in [-0.15, -0.1) is 24.0 Å². The molecule has 2 bridgehead atoms. The lowest BCUT2D eigenvalue weighted by molar-refractivity contribution is 0.0526. The van der Waals surface area contributed by atoms with Gasteiger partial charge in [-0.3, -0.25) is 4.99 Å². The van der Waals surface area contributed by atoms with Gasteiger partial charge in [-0.2, -0.15) is 0 Å². The first kappa shape index (κ1) is 21.8. The summed E-state index contributed by atoms with van der Waals surface area (Å²) in [7, 11) is 4.19. The zero-order valence-corrected chi connectivity index (χ0v) is 19.5. The van der Waals surface area contributed by atoms with Gasteiger partial charge in [0.1, 0.15) is 0 Å². The highest BCUT2D eigenvalue weighted by atomic mass is 127. The maximum Gasteiger partial charge on any atom is 0.191 e. The number of piperidine rings is 2. The van der Waals surface area contributed by atoms with Gasteiger partial charge in [0.25, 0.3) is 0 Å². The smallest absolute Gasteiger partial charge is 0.191 e. The van der Waals surface area contributed by atoms with Crippen molar-refractivity contribution < 1.29 is 4.74 Å². The zero-order chi connectivity index (χ0) is 18.6. The second-order valence-electron chi connectivity index (χ2n) is 8.42. The van der Waals surface area contributed by atoms with E-state index in [2.05, 4.69) is 57.9 Å². The molecule has 3 aliphatic heterocycles. The number of hydrogen-bond donors (Lipinski definition) is 2. The Balaban J connectivity index is 0.00000225. The minimum absolute atomic E-state index is 0. The lowest BCUT2D eigenvalue weighted by atomic mass is 9.82. The first-order valence-electron chi connectivity index (χ1n) is 10.6. The van der Waals surface area contributed by atoms with Crippen LogP contribution in [-0.4, -0.2) is 56.2 Å². The largest absolute Gasteiger partial charge is 0.373 e. The van der Waals surface area contributed by atoms with E-state index in [-0.39, 0.29) is 30.1 Å². The summed E-state index contributed by atoms with van der Waals surface area (Å²) in [5.74, 6) is 1.43. The van der Waals surface area contributed by atoms with Crippen LogP contribution in [0.1, 0.15) is 50.2 Å². The van der Waals surface area contributed by atoms with Crippen LogP contribution in [0.5, 0.6) is 0 Å². The Hall–Kier alpha value is -0.860. The molecular weight excluding hydrogens is 463 g/mol. The van der Waals surface area contributed by atoms with Crippen molar-refractivity contribution in [1.29, 1.82) is 0 Å². The predicted octanol–water partition coefficient (Wildman–Crippen LogP) is 3.56. The molecule has 28 heavy (non-hydrogen) atoms. The van der Waals surface area contributed by atoms with Crippen molar-refractivity contribution in [2.75, 3.05) is 27.2 Å². The van der Waals surface area contributed by atoms with E-state index in [1.807, 2.05) is 7.05 Å². The summed E-state index contributed by atoms with van der Waals surface area (Å²) in [4.78, 5) is 7.10. The highest BCUT2D eigenvalue weighted by Crippen LogP contribution is 2.34. The Bertz CT molecular complexity index is 627. The van der Waals surface area contributed by atoms with E-state index in [1.54, 1.807) is 0 Å². The van der Waals surface area contributed by atoms with Crippen molar-refractivity contribution in [3.63, 3.8) is 0 Å². The minimum Gasteiger partial charge on any atom is -0.373 e. The number of guanidine groups is 1. The molecule has 5 nitrogen and oxygen atoms in total. The third-order valence-electron chi connectivity index (χ3n) is 6.78. The highest BCUT2D eigenvalue weighted by molar-refractivity contribution is 14.0. The molecule has 0 spiro atoms. The van der Waals surface area contributed by atoms with Crippen molar-refractivity contribution in [2.24, 2.45) is 10.9 Å². The van der Waals surface area contributed by atoms with Crippen LogP contribution in [0.4, 0.5) is 0 Å². The van der Waals surface area contributed by atoms with E-state index in [4.69, 9.17) is 4.74 Å². The summed E-state index contributed by atoms with van der Waals surface area (Å²) in [6, 6.07) is 12.6. The average molecular weight is 498 g/mol. The van der Waals surface area contributed by atoms with Crippen molar-refractivity contribution in [1.82, 2.24) is 15.5 Å². The molecule has 4 rings (SSSR count). The van der Waals surface area contributed by atoms with E-state index in [0.29, 0.717) is 12.0 Å². The second-order valence-corrected chi connectivity index (χ2v) is 8.42. The number of nitrogens with one attached hydrogen (secondary N) is 2. The Morgan fingerprint density at radius 2 is 1.86 bits per heavy atom. The van der Waals surface area contributed by atoms with E-state index in [1.165, 1.54) is 37.7 Å². The topological polar surface area (TPSA) is 48.9 Å². The molecule has 3 fully saturated rings. The molecule has 3 aliphatic rings. The van der Waals surface area contributed by atoms with Gasteiger partial charge in [0, 0.05) is 44.2 Å². The quantitative estimate of drug-likeness (QED) is 0.379. The molecule has 4 unspecified atom stereocenters. The molecule has 1 aromatic rings. The minimum atomic E-state index is 0. The molecule has 4 atom stereocenters. The maximum absolute atomic E-state index is 6.02. The van der Waals surface area contributed by atoms with E-state index in [0.717, 1.165) is 37.6 Å². The fourth-order valence-corrected chi connectivity index (χ4v) is 5.20. The van der Waals surface area contributed by atoms with Crippen LogP contribution in [0.15, 0.2) is 35.3 Å². The summed E-state index contributed by atoms with van der Waals surface area (Å²) in [5.41, 5.74) is 1.29. The molecule has 0 aromatic heterocycles. The zero-order valence-electron chi connectivity index (χ0n) is 17.1. The Kier molecular flexibility index (Phi) is 8.00. The van der Waals surface area contributed by atoms with Gasteiger partial charge in [-0.05, 0) is 44.7 Å². The summed E-state index contributed by atoms with van der Waals surface area (Å²) in [5, 5.41) is 7.29. The van der Waals surface area contributed by atoms with Crippen LogP contribution < -0.4 is 10.6 Å². The Labute approximate surface area is 186 Å². The van der Waals surface area contributed by atoms with Gasteiger partial charge in [0.2, 0.25) is 0 Å². The van der Waals surface area contributed by atoms with Crippen LogP contribution in [-0.2, 0) is 4.74 Å². The number of rotatable bonds is 4. The number of hydrogen-bond acceptors (Lipinski definition) is 3. The molecule has 1 aromatic carbocycles. The molecule has 0 amide bonds. The maximum atomic E-state index is 6.02. The number of fused-ring (bicyclic) bond motifs is 2. The molecule has 6 heteroatoms. The molecule has 0 aliphatic carbocycles. The number of benzene rings is 1. The van der Waals surface area contributed by atoms with Crippen LogP contribution in [0.25, 0.3) is 0 Å². The fourth-order valence-electron chi connectivity index (χ4n) is 5.20. The first-order chi connectivity index (χ1) is 13.2. The van der Waals surface area contributed by atoms with E-state index < -0.39 is 0 Å². The number of halogens is 1. The van der Waals surface area contributed by atoms with Gasteiger partial charge in [-0.1, -0.05) is 36.8 Å². The number of nitrogens with zero attached hydrogens (tertiary/aromatic N) is 2. The van der Waals surface area contributed by atoms with Crippen LogP contribution in [0.2, 0.25) is 0 Å². The van der Waals surface area contributed by atoms with E-state index >= 15 is 0 Å².